The fourth-order valence-electron chi connectivity index (χ4n) is 2.26. The molecule has 1 aliphatic rings. The lowest BCUT2D eigenvalue weighted by Crippen LogP contribution is -2.25. The summed E-state index contributed by atoms with van der Waals surface area (Å²) in [4.78, 5) is 20.5. The van der Waals surface area contributed by atoms with Gasteiger partial charge in [0.15, 0.2) is 6.61 Å². The van der Waals surface area contributed by atoms with Crippen LogP contribution in [0.2, 0.25) is 0 Å². The van der Waals surface area contributed by atoms with Crippen LogP contribution >= 0.6 is 0 Å². The number of rotatable bonds is 8. The van der Waals surface area contributed by atoms with Crippen LogP contribution in [-0.2, 0) is 11.3 Å². The topological polar surface area (TPSA) is 88.5 Å². The summed E-state index contributed by atoms with van der Waals surface area (Å²) < 4.78 is 5.46. The average Bonchev–Trinajstić information content (AvgIpc) is 2.72. The molecule has 1 aromatic heterocycles. The van der Waals surface area contributed by atoms with E-state index in [-0.39, 0.29) is 6.61 Å². The second-order valence-electron chi connectivity index (χ2n) is 5.86. The zero-order chi connectivity index (χ0) is 19.6. The average molecular weight is 373 g/mol. The van der Waals surface area contributed by atoms with E-state index >= 15 is 0 Å². The van der Waals surface area contributed by atoms with Gasteiger partial charge in [-0.05, 0) is 30.7 Å². The van der Waals surface area contributed by atoms with E-state index in [1.807, 2.05) is 37.3 Å². The van der Waals surface area contributed by atoms with Crippen LogP contribution < -0.4 is 15.5 Å². The number of ether oxygens (including phenoxy) is 1. The molecular formula is C21H19N5O2. The minimum Gasteiger partial charge on any atom is -0.467 e. The SMILES string of the molecule is Cc1cc(OCC(=O)NN=CC2=CC=C=C=C2)nc(NCc2ccccc2)n1. The molecule has 0 atom stereocenters. The molecule has 1 heterocycles. The highest BCUT2D eigenvalue weighted by Crippen LogP contribution is 2.13. The lowest BCUT2D eigenvalue weighted by Gasteiger charge is -2.09. The molecule has 1 aliphatic carbocycles. The Bertz CT molecular complexity index is 999. The third-order valence-electron chi connectivity index (χ3n) is 3.56. The smallest absolute Gasteiger partial charge is 0.278 e. The Labute approximate surface area is 162 Å². The second-order valence-corrected chi connectivity index (χ2v) is 5.86. The number of hydrogen-bond donors (Lipinski definition) is 2. The molecule has 0 saturated heterocycles. The highest BCUT2D eigenvalue weighted by atomic mass is 16.5. The van der Waals surface area contributed by atoms with Crippen molar-refractivity contribution in [2.75, 3.05) is 11.9 Å². The predicted molar refractivity (Wildman–Crippen MR) is 107 cm³/mol. The number of carbonyl (C=O) groups is 1. The monoisotopic (exact) mass is 373 g/mol. The molecule has 140 valence electrons. The van der Waals surface area contributed by atoms with Crippen LogP contribution in [0.4, 0.5) is 5.95 Å². The Morgan fingerprint density at radius 2 is 2.11 bits per heavy atom. The first-order valence-electron chi connectivity index (χ1n) is 8.65. The van der Waals surface area contributed by atoms with Gasteiger partial charge in [-0.2, -0.15) is 10.1 Å². The van der Waals surface area contributed by atoms with Crippen LogP contribution in [0.15, 0.2) is 76.8 Å². The van der Waals surface area contributed by atoms with Crippen molar-refractivity contribution in [3.63, 3.8) is 0 Å². The summed E-state index contributed by atoms with van der Waals surface area (Å²) in [6.07, 6.45) is 6.74. The summed E-state index contributed by atoms with van der Waals surface area (Å²) in [6.45, 7) is 2.22. The number of nitrogens with one attached hydrogen (secondary N) is 2. The number of anilines is 1. The number of benzene rings is 1. The maximum atomic E-state index is 11.9. The molecule has 0 fully saturated rings. The minimum absolute atomic E-state index is 0.208. The molecule has 7 heteroatoms. The number of aromatic nitrogens is 2. The Morgan fingerprint density at radius 3 is 2.89 bits per heavy atom. The van der Waals surface area contributed by atoms with Crippen LogP contribution in [0.5, 0.6) is 5.88 Å². The lowest BCUT2D eigenvalue weighted by atomic mass is 10.2. The molecule has 1 amide bonds. The van der Waals surface area contributed by atoms with Gasteiger partial charge in [0.2, 0.25) is 11.8 Å². The van der Waals surface area contributed by atoms with Crippen molar-refractivity contribution in [1.29, 1.82) is 0 Å². The lowest BCUT2D eigenvalue weighted by molar-refractivity contribution is -0.123. The molecule has 0 bridgehead atoms. The Morgan fingerprint density at radius 1 is 1.25 bits per heavy atom. The highest BCUT2D eigenvalue weighted by molar-refractivity contribution is 5.85. The zero-order valence-electron chi connectivity index (χ0n) is 15.3. The molecule has 1 aromatic carbocycles. The Hall–Kier alpha value is -3.92. The molecule has 0 aliphatic heterocycles. The first-order valence-corrected chi connectivity index (χ1v) is 8.65. The summed E-state index contributed by atoms with van der Waals surface area (Å²) in [7, 11) is 0. The first-order chi connectivity index (χ1) is 13.7. The third kappa shape index (κ3) is 6.11. The van der Waals surface area contributed by atoms with Crippen molar-refractivity contribution in [3.8, 4) is 5.88 Å². The molecule has 2 N–H and O–H groups in total. The summed E-state index contributed by atoms with van der Waals surface area (Å²) in [5.41, 5.74) is 10.6. The highest BCUT2D eigenvalue weighted by Gasteiger charge is 2.06. The number of hydrazone groups is 1. The molecule has 0 spiro atoms. The maximum absolute atomic E-state index is 11.9. The van der Waals surface area contributed by atoms with Crippen LogP contribution in [-0.4, -0.2) is 28.7 Å². The van der Waals surface area contributed by atoms with Gasteiger partial charge in [-0.1, -0.05) is 41.8 Å². The van der Waals surface area contributed by atoms with Crippen LogP contribution in [0.3, 0.4) is 0 Å². The van der Waals surface area contributed by atoms with Gasteiger partial charge in [0.25, 0.3) is 5.91 Å². The molecule has 0 unspecified atom stereocenters. The third-order valence-corrected chi connectivity index (χ3v) is 3.56. The number of nitrogens with zero attached hydrogens (tertiary/aromatic N) is 3. The predicted octanol–water partition coefficient (Wildman–Crippen LogP) is 2.68. The van der Waals surface area contributed by atoms with E-state index in [9.17, 15) is 4.79 Å². The van der Waals surface area contributed by atoms with E-state index in [0.29, 0.717) is 18.4 Å². The summed E-state index contributed by atoms with van der Waals surface area (Å²) in [5.74, 6) is 0.364. The standard InChI is InChI=1S/C21H19N5O2/c1-16-12-20(25-21(24-16)22-13-17-8-4-2-5-9-17)28-15-19(27)26-23-14-18-10-6-3-7-11-18/h2,4-6,8-12,14H,13,15H2,1H3,(H,26,27)(H,22,24,25). The van der Waals surface area contributed by atoms with Gasteiger partial charge in [0.05, 0.1) is 6.21 Å². The molecule has 0 saturated carbocycles. The molecule has 0 radical (unpaired) electrons. The van der Waals surface area contributed by atoms with Crippen molar-refractivity contribution in [3.05, 3.63) is 82.9 Å². The van der Waals surface area contributed by atoms with Crippen molar-refractivity contribution in [1.82, 2.24) is 15.4 Å². The first kappa shape index (κ1) is 18.9. The van der Waals surface area contributed by atoms with Gasteiger partial charge < -0.3 is 10.1 Å². The van der Waals surface area contributed by atoms with Gasteiger partial charge >= 0.3 is 0 Å². The van der Waals surface area contributed by atoms with Gasteiger partial charge in [-0.3, -0.25) is 4.79 Å². The van der Waals surface area contributed by atoms with Gasteiger partial charge in [-0.15, -0.1) is 0 Å². The minimum atomic E-state index is -0.391. The van der Waals surface area contributed by atoms with Crippen LogP contribution in [0, 0.1) is 6.92 Å². The van der Waals surface area contributed by atoms with E-state index in [1.54, 1.807) is 24.3 Å². The van der Waals surface area contributed by atoms with Crippen molar-refractivity contribution in [2.45, 2.75) is 13.5 Å². The van der Waals surface area contributed by atoms with Crippen molar-refractivity contribution >= 4 is 18.1 Å². The van der Waals surface area contributed by atoms with Crippen LogP contribution in [0.1, 0.15) is 11.3 Å². The normalized spacial score (nSPS) is 12.1. The van der Waals surface area contributed by atoms with E-state index in [0.717, 1.165) is 16.8 Å². The number of allylic oxidation sites excluding steroid dienone is 4. The summed E-state index contributed by atoms with van der Waals surface area (Å²) in [6, 6.07) is 11.6. The van der Waals surface area contributed by atoms with E-state index in [4.69, 9.17) is 4.74 Å². The fraction of sp³-hybridized carbons (Fsp3) is 0.143. The largest absolute Gasteiger partial charge is 0.467 e. The number of hydrogen-bond acceptors (Lipinski definition) is 6. The number of aryl methyl sites for hydroxylation is 1. The van der Waals surface area contributed by atoms with Gasteiger partial charge in [-0.25, -0.2) is 10.4 Å². The maximum Gasteiger partial charge on any atom is 0.278 e. The molecule has 2 aromatic rings. The zero-order valence-corrected chi connectivity index (χ0v) is 15.3. The molecular weight excluding hydrogens is 354 g/mol. The number of amides is 1. The second kappa shape index (κ2) is 9.69. The molecule has 3 rings (SSSR count). The van der Waals surface area contributed by atoms with Crippen molar-refractivity contribution in [2.24, 2.45) is 5.10 Å². The van der Waals surface area contributed by atoms with Crippen LogP contribution in [0.25, 0.3) is 0 Å². The summed E-state index contributed by atoms with van der Waals surface area (Å²) >= 11 is 0. The number of carbonyl (C=O) groups excluding carboxylic acids is 1. The van der Waals surface area contributed by atoms with Gasteiger partial charge in [0, 0.05) is 23.9 Å². The Kier molecular flexibility index (Phi) is 6.53. The van der Waals surface area contributed by atoms with Crippen molar-refractivity contribution < 1.29 is 9.53 Å². The molecule has 28 heavy (non-hydrogen) atoms. The fourth-order valence-corrected chi connectivity index (χ4v) is 2.26. The quantitative estimate of drug-likeness (QED) is 0.422. The summed E-state index contributed by atoms with van der Waals surface area (Å²) in [5, 5.41) is 7.02. The van der Waals surface area contributed by atoms with E-state index in [2.05, 4.69) is 37.3 Å². The van der Waals surface area contributed by atoms with E-state index < -0.39 is 5.91 Å². The van der Waals surface area contributed by atoms with Gasteiger partial charge in [0.1, 0.15) is 0 Å². The molecule has 7 nitrogen and oxygen atoms in total. The Balaban J connectivity index is 1.49. The van der Waals surface area contributed by atoms with E-state index in [1.165, 1.54) is 6.21 Å².